The molecule has 0 unspecified atom stereocenters. The van der Waals surface area contributed by atoms with Crippen LogP contribution in [0.3, 0.4) is 0 Å². The molecule has 0 aliphatic carbocycles. The topological polar surface area (TPSA) is 138 Å². The third-order valence-electron chi connectivity index (χ3n) is 5.75. The Bertz CT molecular complexity index is 1700. The van der Waals surface area contributed by atoms with Crippen molar-refractivity contribution in [3.63, 3.8) is 0 Å². The van der Waals surface area contributed by atoms with Gasteiger partial charge in [-0.25, -0.2) is 9.97 Å². The molecule has 8 nitrogen and oxygen atoms in total. The predicted molar refractivity (Wildman–Crippen MR) is 130 cm³/mol. The number of fused-ring (bicyclic) bond motifs is 8. The second-order valence-electron chi connectivity index (χ2n) is 7.99. The fraction of sp³-hybridized carbons (Fsp3) is 0. The maximum atomic E-state index is 11.1. The van der Waals surface area contributed by atoms with Gasteiger partial charge in [0.1, 0.15) is 5.52 Å². The van der Waals surface area contributed by atoms with Crippen molar-refractivity contribution in [2.45, 2.75) is 0 Å². The van der Waals surface area contributed by atoms with E-state index in [0.717, 1.165) is 11.0 Å². The molecule has 3 aromatic heterocycles. The third kappa shape index (κ3) is 3.76. The third-order valence-corrected chi connectivity index (χ3v) is 5.75. The van der Waals surface area contributed by atoms with E-state index in [1.165, 1.54) is 0 Å². The average Bonchev–Trinajstić information content (AvgIpc) is 3.59. The zero-order valence-corrected chi connectivity index (χ0v) is 21.3. The molecule has 0 amide bonds. The number of benzene rings is 1. The molecule has 0 spiro atoms. The fourth-order valence-corrected chi connectivity index (χ4v) is 4.13. The Morgan fingerprint density at radius 1 is 0.657 bits per heavy atom. The maximum Gasteiger partial charge on any atom is 0.187 e. The van der Waals surface area contributed by atoms with E-state index < -0.39 is 17.2 Å². The minimum Gasteiger partial charge on any atom is -0.505 e. The van der Waals surface area contributed by atoms with Crippen molar-refractivity contribution in [2.24, 2.45) is 0 Å². The molecule has 0 saturated carbocycles. The number of hydrogen-bond donors (Lipinski definition) is 6. The number of aliphatic hydroxyl groups is 1. The molecule has 168 valence electrons. The zero-order chi connectivity index (χ0) is 23.4. The summed E-state index contributed by atoms with van der Waals surface area (Å²) in [7, 11) is 0. The van der Waals surface area contributed by atoms with Crippen LogP contribution in [0.5, 0.6) is 17.2 Å². The van der Waals surface area contributed by atoms with Crippen LogP contribution in [0.1, 0.15) is 28.3 Å². The molecule has 6 rings (SSSR count). The van der Waals surface area contributed by atoms with Gasteiger partial charge in [-0.05, 0) is 48.0 Å². The molecular weight excluding hydrogens is 498 g/mol. The summed E-state index contributed by atoms with van der Waals surface area (Å²) in [4.78, 5) is 15.1. The molecule has 2 aliphatic heterocycles. The van der Waals surface area contributed by atoms with Crippen LogP contribution in [-0.2, 0) is 19.5 Å². The summed E-state index contributed by atoms with van der Waals surface area (Å²) < 4.78 is 0. The van der Waals surface area contributed by atoms with Crippen LogP contribution >= 0.6 is 0 Å². The predicted octanol–water partition coefficient (Wildman–Crippen LogP) is 5.07. The Kier molecular flexibility index (Phi) is 5.42. The van der Waals surface area contributed by atoms with Gasteiger partial charge in [0.05, 0.1) is 28.2 Å². The number of rotatable bonds is 1. The molecule has 4 aromatic rings. The monoisotopic (exact) mass is 514 g/mol. The van der Waals surface area contributed by atoms with Crippen molar-refractivity contribution in [1.82, 2.24) is 19.9 Å². The van der Waals surface area contributed by atoms with Crippen molar-refractivity contribution in [3.8, 4) is 17.2 Å². The Labute approximate surface area is 211 Å². The van der Waals surface area contributed by atoms with Crippen LogP contribution in [-0.4, -0.2) is 40.4 Å². The number of aliphatic hydroxyl groups excluding tert-OH is 1. The Hall–Kier alpha value is -4.36. The summed E-state index contributed by atoms with van der Waals surface area (Å²) in [5, 5.41) is 43.1. The zero-order valence-electron chi connectivity index (χ0n) is 18.3. The minimum atomic E-state index is -0.561. The van der Waals surface area contributed by atoms with Gasteiger partial charge < -0.3 is 30.4 Å². The van der Waals surface area contributed by atoms with Gasteiger partial charge in [0.2, 0.25) is 0 Å². The molecule has 0 saturated heterocycles. The summed E-state index contributed by atoms with van der Waals surface area (Å²) in [6, 6.07) is 18.1. The molecule has 9 heteroatoms. The van der Waals surface area contributed by atoms with Gasteiger partial charge in [0.15, 0.2) is 28.7 Å². The van der Waals surface area contributed by atoms with Gasteiger partial charge >= 0.3 is 0 Å². The van der Waals surface area contributed by atoms with Gasteiger partial charge in [-0.1, -0.05) is 30.3 Å². The average molecular weight is 516 g/mol. The van der Waals surface area contributed by atoms with Gasteiger partial charge in [-0.3, -0.25) is 0 Å². The first-order chi connectivity index (χ1) is 16.5. The summed E-state index contributed by atoms with van der Waals surface area (Å²) in [6.07, 6.45) is 3.59. The van der Waals surface area contributed by atoms with E-state index >= 15 is 0 Å². The summed E-state index contributed by atoms with van der Waals surface area (Å²) in [6.45, 7) is 0. The summed E-state index contributed by atoms with van der Waals surface area (Å²) >= 11 is 0. The van der Waals surface area contributed by atoms with Crippen molar-refractivity contribution in [1.29, 1.82) is 0 Å². The molecule has 35 heavy (non-hydrogen) atoms. The molecule has 8 bridgehead atoms. The molecule has 0 fully saturated rings. The molecule has 5 heterocycles. The van der Waals surface area contributed by atoms with E-state index in [-0.39, 0.29) is 42.0 Å². The second-order valence-corrected chi connectivity index (χ2v) is 7.99. The number of aromatic amines is 2. The van der Waals surface area contributed by atoms with Crippen molar-refractivity contribution >= 4 is 45.6 Å². The van der Waals surface area contributed by atoms with Crippen LogP contribution in [0.15, 0.2) is 60.7 Å². The van der Waals surface area contributed by atoms with E-state index in [0.29, 0.717) is 28.2 Å². The molecule has 2 aliphatic rings. The first-order valence-corrected chi connectivity index (χ1v) is 10.5. The normalized spacial score (nSPS) is 12.6. The quantitative estimate of drug-likeness (QED) is 0.172. The van der Waals surface area contributed by atoms with Crippen LogP contribution in [0, 0.1) is 0 Å². The van der Waals surface area contributed by atoms with E-state index in [4.69, 9.17) is 0 Å². The number of aromatic nitrogens is 4. The minimum absolute atomic E-state index is 0. The van der Waals surface area contributed by atoms with Crippen LogP contribution in [0.25, 0.3) is 45.6 Å². The number of nitrogens with one attached hydrogen (secondary N) is 2. The van der Waals surface area contributed by atoms with E-state index in [9.17, 15) is 20.4 Å². The molecule has 6 N–H and O–H groups in total. The van der Waals surface area contributed by atoms with Gasteiger partial charge in [0, 0.05) is 30.5 Å². The molecule has 0 radical (unpaired) electrons. The van der Waals surface area contributed by atoms with Crippen LogP contribution in [0.2, 0.25) is 0 Å². The number of hydrogen-bond acceptors (Lipinski definition) is 6. The van der Waals surface area contributed by atoms with E-state index in [1.807, 2.05) is 54.6 Å². The molecular formula is C26H18N4O4Zn. The first kappa shape index (κ1) is 22.4. The second kappa shape index (κ2) is 8.45. The van der Waals surface area contributed by atoms with Gasteiger partial charge in [0.25, 0.3) is 0 Å². The number of nitrogens with zero attached hydrogens (tertiary/aromatic N) is 2. The summed E-state index contributed by atoms with van der Waals surface area (Å²) in [5.41, 5.74) is 4.20. The smallest absolute Gasteiger partial charge is 0.187 e. The SMILES string of the molecule is OC1=C(c2ccccc2)c2cc3ccc(cc4nc(cc5[nH]c(c(O)c1n2)c(O)c5O)C=C4)[nH]3.[Zn]. The van der Waals surface area contributed by atoms with Crippen molar-refractivity contribution < 1.29 is 39.9 Å². The number of aromatic hydroxyl groups is 3. The maximum absolute atomic E-state index is 11.1. The fourth-order valence-electron chi connectivity index (χ4n) is 4.13. The standard InChI is InChI=1S/C26H18N4O4.Zn/c31-23-19-12-17-9-7-15(28-17)10-14-6-8-16(27-14)11-18-20(13-4-2-1-3-5-13)24(32)21(29-18)25(33)22(30-19)26(23)34;/h1-12,27,30-34H;. The van der Waals surface area contributed by atoms with Gasteiger partial charge in [-0.15, -0.1) is 0 Å². The Morgan fingerprint density at radius 3 is 2.09 bits per heavy atom. The Morgan fingerprint density at radius 2 is 1.34 bits per heavy atom. The van der Waals surface area contributed by atoms with Crippen molar-refractivity contribution in [3.05, 3.63) is 89.0 Å². The first-order valence-electron chi connectivity index (χ1n) is 10.5. The van der Waals surface area contributed by atoms with E-state index in [2.05, 4.69) is 19.9 Å². The van der Waals surface area contributed by atoms with Gasteiger partial charge in [-0.2, -0.15) is 0 Å². The summed E-state index contributed by atoms with van der Waals surface area (Å²) in [5.74, 6) is -1.77. The van der Waals surface area contributed by atoms with Crippen molar-refractivity contribution in [2.75, 3.05) is 0 Å². The number of H-pyrrole nitrogens is 2. The largest absolute Gasteiger partial charge is 0.505 e. The van der Waals surface area contributed by atoms with Crippen LogP contribution in [0.4, 0.5) is 0 Å². The van der Waals surface area contributed by atoms with Crippen LogP contribution < -0.4 is 0 Å². The molecule has 0 atom stereocenters. The molecule has 1 aromatic carbocycles. The van der Waals surface area contributed by atoms with E-state index in [1.54, 1.807) is 18.2 Å². The Balaban J connectivity index is 0.00000253.